The molecule has 1 aromatic carbocycles. The van der Waals surface area contributed by atoms with Crippen LogP contribution in [0, 0.1) is 0 Å². The summed E-state index contributed by atoms with van der Waals surface area (Å²) >= 11 is 0. The smallest absolute Gasteiger partial charge is 0.319 e. The Labute approximate surface area is 160 Å². The highest BCUT2D eigenvalue weighted by molar-refractivity contribution is 5.90. The first-order valence-electron chi connectivity index (χ1n) is 10.0. The molecule has 0 bridgehead atoms. The Balaban J connectivity index is 1.49. The molecule has 6 nitrogen and oxygen atoms in total. The highest BCUT2D eigenvalue weighted by atomic mass is 16.2. The molecule has 2 aliphatic rings. The largest absolute Gasteiger partial charge is 0.355 e. The third-order valence-electron chi connectivity index (χ3n) is 5.42. The first kappa shape index (κ1) is 17.8. The van der Waals surface area contributed by atoms with Gasteiger partial charge in [0.25, 0.3) is 0 Å². The lowest BCUT2D eigenvalue weighted by atomic mass is 9.96. The van der Waals surface area contributed by atoms with Crippen LogP contribution < -0.4 is 15.5 Å². The SMILES string of the molecule is O=C(Nc1cccc(-c2nccnc2N2CCCC2)c1)NC1CCCCC1. The molecule has 2 heterocycles. The molecule has 0 spiro atoms. The predicted molar refractivity (Wildman–Crippen MR) is 108 cm³/mol. The number of rotatable bonds is 4. The highest BCUT2D eigenvalue weighted by Gasteiger charge is 2.19. The van der Waals surface area contributed by atoms with Gasteiger partial charge >= 0.3 is 6.03 Å². The van der Waals surface area contributed by atoms with Crippen LogP contribution in [0.25, 0.3) is 11.3 Å². The van der Waals surface area contributed by atoms with Crippen molar-refractivity contribution in [1.82, 2.24) is 15.3 Å². The second-order valence-electron chi connectivity index (χ2n) is 7.44. The van der Waals surface area contributed by atoms with Crippen molar-refractivity contribution >= 4 is 17.5 Å². The normalized spacial score (nSPS) is 17.7. The van der Waals surface area contributed by atoms with Gasteiger partial charge in [-0.05, 0) is 37.8 Å². The lowest BCUT2D eigenvalue weighted by Crippen LogP contribution is -2.39. The van der Waals surface area contributed by atoms with Crippen LogP contribution in [0.5, 0.6) is 0 Å². The number of nitrogens with zero attached hydrogens (tertiary/aromatic N) is 3. The summed E-state index contributed by atoms with van der Waals surface area (Å²) in [7, 11) is 0. The molecule has 2 N–H and O–H groups in total. The number of carbonyl (C=O) groups is 1. The number of amides is 2. The summed E-state index contributed by atoms with van der Waals surface area (Å²) in [5.41, 5.74) is 2.62. The summed E-state index contributed by atoms with van der Waals surface area (Å²) in [5, 5.41) is 6.07. The maximum atomic E-state index is 12.3. The van der Waals surface area contributed by atoms with Gasteiger partial charge < -0.3 is 15.5 Å². The summed E-state index contributed by atoms with van der Waals surface area (Å²) in [6.45, 7) is 2.04. The van der Waals surface area contributed by atoms with E-state index in [1.54, 1.807) is 12.4 Å². The molecule has 2 aromatic rings. The van der Waals surface area contributed by atoms with E-state index in [9.17, 15) is 4.79 Å². The molecule has 1 aliphatic heterocycles. The van der Waals surface area contributed by atoms with Gasteiger partial charge in [-0.3, -0.25) is 4.98 Å². The Morgan fingerprint density at radius 2 is 1.78 bits per heavy atom. The monoisotopic (exact) mass is 365 g/mol. The molecule has 1 saturated heterocycles. The highest BCUT2D eigenvalue weighted by Crippen LogP contribution is 2.30. The first-order valence-corrected chi connectivity index (χ1v) is 10.0. The molecule has 27 heavy (non-hydrogen) atoms. The van der Waals surface area contributed by atoms with Crippen LogP contribution in [0.4, 0.5) is 16.3 Å². The van der Waals surface area contributed by atoms with Crippen molar-refractivity contribution in [1.29, 1.82) is 0 Å². The number of nitrogens with one attached hydrogen (secondary N) is 2. The van der Waals surface area contributed by atoms with E-state index in [0.717, 1.165) is 48.7 Å². The number of hydrogen-bond acceptors (Lipinski definition) is 4. The molecule has 142 valence electrons. The van der Waals surface area contributed by atoms with Crippen molar-refractivity contribution in [3.63, 3.8) is 0 Å². The van der Waals surface area contributed by atoms with Crippen molar-refractivity contribution in [3.05, 3.63) is 36.7 Å². The second-order valence-corrected chi connectivity index (χ2v) is 7.44. The maximum Gasteiger partial charge on any atom is 0.319 e. The van der Waals surface area contributed by atoms with Gasteiger partial charge in [0, 0.05) is 42.8 Å². The molecule has 1 aromatic heterocycles. The zero-order valence-electron chi connectivity index (χ0n) is 15.7. The van der Waals surface area contributed by atoms with Gasteiger partial charge in [-0.1, -0.05) is 31.4 Å². The van der Waals surface area contributed by atoms with Crippen LogP contribution in [0.15, 0.2) is 36.7 Å². The number of benzene rings is 1. The van der Waals surface area contributed by atoms with Crippen LogP contribution >= 0.6 is 0 Å². The molecular weight excluding hydrogens is 338 g/mol. The zero-order chi connectivity index (χ0) is 18.5. The summed E-state index contributed by atoms with van der Waals surface area (Å²) in [6, 6.07) is 8.03. The molecule has 0 radical (unpaired) electrons. The van der Waals surface area contributed by atoms with Gasteiger partial charge in [-0.2, -0.15) is 0 Å². The molecule has 4 rings (SSSR count). The van der Waals surface area contributed by atoms with E-state index in [4.69, 9.17) is 0 Å². The maximum absolute atomic E-state index is 12.3. The summed E-state index contributed by atoms with van der Waals surface area (Å²) in [5.74, 6) is 0.929. The van der Waals surface area contributed by atoms with Crippen LogP contribution in [0.1, 0.15) is 44.9 Å². The predicted octanol–water partition coefficient (Wildman–Crippen LogP) is 4.20. The molecular formula is C21H27N5O. The lowest BCUT2D eigenvalue weighted by molar-refractivity contribution is 0.244. The summed E-state index contributed by atoms with van der Waals surface area (Å²) in [6.07, 6.45) is 11.7. The number of aromatic nitrogens is 2. The standard InChI is InChI=1S/C21H27N5O/c27-21(24-17-8-2-1-3-9-17)25-18-10-6-7-16(15-18)19-20(23-12-11-22-19)26-13-4-5-14-26/h6-7,10-12,15,17H,1-5,8-9,13-14H2,(H2,24,25,27). The molecule has 0 atom stereocenters. The Kier molecular flexibility index (Phi) is 5.51. The van der Waals surface area contributed by atoms with Gasteiger partial charge in [-0.15, -0.1) is 0 Å². The van der Waals surface area contributed by atoms with Crippen LogP contribution in [-0.4, -0.2) is 35.1 Å². The molecule has 6 heteroatoms. The fraction of sp³-hybridized carbons (Fsp3) is 0.476. The Morgan fingerprint density at radius 1 is 1.00 bits per heavy atom. The molecule has 1 aliphatic carbocycles. The number of urea groups is 1. The molecule has 2 amide bonds. The third kappa shape index (κ3) is 4.38. The first-order chi connectivity index (χ1) is 13.3. The van der Waals surface area contributed by atoms with E-state index in [1.807, 2.05) is 24.3 Å². The minimum Gasteiger partial charge on any atom is -0.355 e. The van der Waals surface area contributed by atoms with Gasteiger partial charge in [0.1, 0.15) is 5.69 Å². The van der Waals surface area contributed by atoms with Crippen molar-refractivity contribution < 1.29 is 4.79 Å². The van der Waals surface area contributed by atoms with Crippen molar-refractivity contribution in [2.75, 3.05) is 23.3 Å². The average Bonchev–Trinajstić information content (AvgIpc) is 3.23. The number of hydrogen-bond donors (Lipinski definition) is 2. The van der Waals surface area contributed by atoms with E-state index >= 15 is 0 Å². The van der Waals surface area contributed by atoms with E-state index in [2.05, 4.69) is 25.5 Å². The molecule has 2 fully saturated rings. The van der Waals surface area contributed by atoms with E-state index in [0.29, 0.717) is 6.04 Å². The van der Waals surface area contributed by atoms with Crippen molar-refractivity contribution in [2.24, 2.45) is 0 Å². The van der Waals surface area contributed by atoms with Crippen molar-refractivity contribution in [2.45, 2.75) is 51.0 Å². The third-order valence-corrected chi connectivity index (χ3v) is 5.42. The topological polar surface area (TPSA) is 70.2 Å². The van der Waals surface area contributed by atoms with E-state index in [-0.39, 0.29) is 6.03 Å². The van der Waals surface area contributed by atoms with Crippen LogP contribution in [0.2, 0.25) is 0 Å². The Morgan fingerprint density at radius 3 is 2.59 bits per heavy atom. The Hall–Kier alpha value is -2.63. The minimum absolute atomic E-state index is 0.127. The van der Waals surface area contributed by atoms with Gasteiger partial charge in [0.2, 0.25) is 0 Å². The summed E-state index contributed by atoms with van der Waals surface area (Å²) in [4.78, 5) is 23.8. The van der Waals surface area contributed by atoms with Crippen LogP contribution in [-0.2, 0) is 0 Å². The van der Waals surface area contributed by atoms with Gasteiger partial charge in [0.15, 0.2) is 5.82 Å². The average molecular weight is 365 g/mol. The van der Waals surface area contributed by atoms with Crippen LogP contribution in [0.3, 0.4) is 0 Å². The zero-order valence-corrected chi connectivity index (χ0v) is 15.7. The van der Waals surface area contributed by atoms with E-state index in [1.165, 1.54) is 32.1 Å². The van der Waals surface area contributed by atoms with Gasteiger partial charge in [-0.25, -0.2) is 9.78 Å². The number of carbonyl (C=O) groups excluding carboxylic acids is 1. The lowest BCUT2D eigenvalue weighted by Gasteiger charge is -2.23. The fourth-order valence-electron chi connectivity index (χ4n) is 4.04. The molecule has 1 saturated carbocycles. The fourth-order valence-corrected chi connectivity index (χ4v) is 4.04. The van der Waals surface area contributed by atoms with E-state index < -0.39 is 0 Å². The van der Waals surface area contributed by atoms with Crippen molar-refractivity contribution in [3.8, 4) is 11.3 Å². The summed E-state index contributed by atoms with van der Waals surface area (Å²) < 4.78 is 0. The number of anilines is 2. The minimum atomic E-state index is -0.127. The second kappa shape index (κ2) is 8.37. The quantitative estimate of drug-likeness (QED) is 0.852. The molecule has 0 unspecified atom stereocenters. The Bertz CT molecular complexity index is 782. The van der Waals surface area contributed by atoms with Gasteiger partial charge in [0.05, 0.1) is 0 Å².